The third-order valence-electron chi connectivity index (χ3n) is 6.83. The van der Waals surface area contributed by atoms with Crippen LogP contribution in [-0.4, -0.2) is 36.0 Å². The number of carbonyl (C=O) groups is 2. The standard InChI is InChI=1S/C27H35N3O2/c1-20-7-5-11-23(17-20)24-12-6-8-21(18-24)19-28-27(32)29-25-13-15-30(16-14-25)26(31)22-9-3-2-4-10-22/h5-8,11-12,17-18,22,25H,2-4,9-10,13-16,19H2,1H3,(H2,28,29,32). The molecule has 1 saturated heterocycles. The van der Waals surface area contributed by atoms with E-state index < -0.39 is 0 Å². The number of piperidine rings is 1. The molecule has 0 atom stereocenters. The molecule has 1 aliphatic carbocycles. The Morgan fingerprint density at radius 2 is 1.59 bits per heavy atom. The Morgan fingerprint density at radius 3 is 2.31 bits per heavy atom. The predicted octanol–water partition coefficient (Wildman–Crippen LogP) is 5.03. The van der Waals surface area contributed by atoms with E-state index in [2.05, 4.69) is 54.0 Å². The van der Waals surface area contributed by atoms with Gasteiger partial charge in [0.1, 0.15) is 0 Å². The number of hydrogen-bond acceptors (Lipinski definition) is 2. The lowest BCUT2D eigenvalue weighted by Crippen LogP contribution is -2.50. The normalized spacial score (nSPS) is 17.7. The molecule has 32 heavy (non-hydrogen) atoms. The molecule has 0 unspecified atom stereocenters. The fourth-order valence-electron chi connectivity index (χ4n) is 4.96. The highest BCUT2D eigenvalue weighted by Gasteiger charge is 2.29. The zero-order valence-corrected chi connectivity index (χ0v) is 19.1. The summed E-state index contributed by atoms with van der Waals surface area (Å²) in [6.07, 6.45) is 7.38. The van der Waals surface area contributed by atoms with Crippen molar-refractivity contribution in [3.8, 4) is 11.1 Å². The maximum Gasteiger partial charge on any atom is 0.315 e. The predicted molar refractivity (Wildman–Crippen MR) is 128 cm³/mol. The first-order valence-corrected chi connectivity index (χ1v) is 12.1. The number of hydrogen-bond donors (Lipinski definition) is 2. The maximum atomic E-state index is 12.7. The van der Waals surface area contributed by atoms with Crippen molar-refractivity contribution in [2.24, 2.45) is 5.92 Å². The molecule has 2 N–H and O–H groups in total. The van der Waals surface area contributed by atoms with Crippen molar-refractivity contribution in [1.82, 2.24) is 15.5 Å². The summed E-state index contributed by atoms with van der Waals surface area (Å²) < 4.78 is 0. The van der Waals surface area contributed by atoms with E-state index in [1.165, 1.54) is 30.4 Å². The second kappa shape index (κ2) is 10.7. The van der Waals surface area contributed by atoms with Crippen molar-refractivity contribution < 1.29 is 9.59 Å². The van der Waals surface area contributed by atoms with E-state index >= 15 is 0 Å². The van der Waals surface area contributed by atoms with E-state index in [1.54, 1.807) is 0 Å². The number of amides is 3. The summed E-state index contributed by atoms with van der Waals surface area (Å²) >= 11 is 0. The average Bonchev–Trinajstić information content (AvgIpc) is 2.83. The molecule has 2 aliphatic rings. The molecule has 170 valence electrons. The van der Waals surface area contributed by atoms with E-state index in [1.807, 2.05) is 17.0 Å². The van der Waals surface area contributed by atoms with Gasteiger partial charge in [-0.15, -0.1) is 0 Å². The molecule has 2 fully saturated rings. The number of rotatable bonds is 5. The monoisotopic (exact) mass is 433 g/mol. The average molecular weight is 434 g/mol. The Kier molecular flexibility index (Phi) is 7.46. The molecule has 2 aromatic carbocycles. The molecule has 1 heterocycles. The number of likely N-dealkylation sites (tertiary alicyclic amines) is 1. The number of benzene rings is 2. The summed E-state index contributed by atoms with van der Waals surface area (Å²) in [4.78, 5) is 27.2. The zero-order valence-electron chi connectivity index (χ0n) is 19.1. The van der Waals surface area contributed by atoms with Gasteiger partial charge in [-0.2, -0.15) is 0 Å². The Bertz CT molecular complexity index is 928. The van der Waals surface area contributed by atoms with Crippen molar-refractivity contribution >= 4 is 11.9 Å². The Morgan fingerprint density at radius 1 is 0.906 bits per heavy atom. The summed E-state index contributed by atoms with van der Waals surface area (Å²) in [6, 6.07) is 16.7. The topological polar surface area (TPSA) is 61.4 Å². The van der Waals surface area contributed by atoms with Gasteiger partial charge in [0.15, 0.2) is 0 Å². The largest absolute Gasteiger partial charge is 0.342 e. The van der Waals surface area contributed by atoms with Crippen LogP contribution < -0.4 is 10.6 Å². The summed E-state index contributed by atoms with van der Waals surface area (Å²) in [6.45, 7) is 4.08. The number of urea groups is 1. The van der Waals surface area contributed by atoms with Gasteiger partial charge < -0.3 is 15.5 Å². The zero-order chi connectivity index (χ0) is 22.3. The fraction of sp³-hybridized carbons (Fsp3) is 0.481. The Hall–Kier alpha value is -2.82. The lowest BCUT2D eigenvalue weighted by Gasteiger charge is -2.35. The molecule has 1 aliphatic heterocycles. The van der Waals surface area contributed by atoms with Gasteiger partial charge in [-0.1, -0.05) is 67.3 Å². The van der Waals surface area contributed by atoms with Gasteiger partial charge in [0, 0.05) is 31.6 Å². The van der Waals surface area contributed by atoms with Gasteiger partial charge in [0.2, 0.25) is 5.91 Å². The second-order valence-corrected chi connectivity index (χ2v) is 9.33. The van der Waals surface area contributed by atoms with Gasteiger partial charge in [0.25, 0.3) is 0 Å². The molecule has 4 rings (SSSR count). The minimum atomic E-state index is -0.136. The third kappa shape index (κ3) is 5.90. The lowest BCUT2D eigenvalue weighted by atomic mass is 9.87. The van der Waals surface area contributed by atoms with Gasteiger partial charge in [0.05, 0.1) is 0 Å². The van der Waals surface area contributed by atoms with Crippen LogP contribution in [0.3, 0.4) is 0 Å². The van der Waals surface area contributed by atoms with Crippen LogP contribution >= 0.6 is 0 Å². The van der Waals surface area contributed by atoms with Crippen LogP contribution in [0.4, 0.5) is 4.79 Å². The molecule has 0 aromatic heterocycles. The van der Waals surface area contributed by atoms with Crippen molar-refractivity contribution in [2.75, 3.05) is 13.1 Å². The van der Waals surface area contributed by atoms with Crippen LogP contribution in [0, 0.1) is 12.8 Å². The smallest absolute Gasteiger partial charge is 0.315 e. The summed E-state index contributed by atoms with van der Waals surface area (Å²) in [5.74, 6) is 0.563. The SMILES string of the molecule is Cc1cccc(-c2cccc(CNC(=O)NC3CCN(C(=O)C4CCCCC4)CC3)c2)c1. The summed E-state index contributed by atoms with van der Waals surface area (Å²) in [5.41, 5.74) is 4.65. The first kappa shape index (κ1) is 22.4. The van der Waals surface area contributed by atoms with Gasteiger partial charge >= 0.3 is 6.03 Å². The molecular formula is C27H35N3O2. The molecule has 0 radical (unpaired) electrons. The van der Waals surface area contributed by atoms with Crippen molar-refractivity contribution in [1.29, 1.82) is 0 Å². The molecule has 2 aromatic rings. The highest BCUT2D eigenvalue weighted by Crippen LogP contribution is 2.26. The van der Waals surface area contributed by atoms with Gasteiger partial charge in [-0.3, -0.25) is 4.79 Å². The minimum Gasteiger partial charge on any atom is -0.342 e. The van der Waals surface area contributed by atoms with E-state index in [-0.39, 0.29) is 18.0 Å². The van der Waals surface area contributed by atoms with Crippen LogP contribution in [0.5, 0.6) is 0 Å². The summed E-state index contributed by atoms with van der Waals surface area (Å²) in [7, 11) is 0. The lowest BCUT2D eigenvalue weighted by molar-refractivity contribution is -0.137. The molecular weight excluding hydrogens is 398 g/mol. The second-order valence-electron chi connectivity index (χ2n) is 9.33. The summed E-state index contributed by atoms with van der Waals surface area (Å²) in [5, 5.41) is 6.09. The Labute approximate surface area is 191 Å². The van der Waals surface area contributed by atoms with Gasteiger partial charge in [-0.05, 0) is 55.4 Å². The number of aryl methyl sites for hydroxylation is 1. The quantitative estimate of drug-likeness (QED) is 0.694. The van der Waals surface area contributed by atoms with Crippen molar-refractivity contribution in [3.05, 3.63) is 59.7 Å². The molecule has 5 heteroatoms. The highest BCUT2D eigenvalue weighted by atomic mass is 16.2. The molecule has 0 spiro atoms. The Balaban J connectivity index is 1.22. The van der Waals surface area contributed by atoms with E-state index in [0.717, 1.165) is 49.9 Å². The van der Waals surface area contributed by atoms with E-state index in [0.29, 0.717) is 12.5 Å². The maximum absolute atomic E-state index is 12.7. The van der Waals surface area contributed by atoms with Crippen LogP contribution in [0.25, 0.3) is 11.1 Å². The third-order valence-corrected chi connectivity index (χ3v) is 6.83. The number of nitrogens with zero attached hydrogens (tertiary/aromatic N) is 1. The molecule has 1 saturated carbocycles. The highest BCUT2D eigenvalue weighted by molar-refractivity contribution is 5.79. The molecule has 0 bridgehead atoms. The van der Waals surface area contributed by atoms with Crippen molar-refractivity contribution in [2.45, 2.75) is 64.5 Å². The van der Waals surface area contributed by atoms with Crippen LogP contribution in [0.15, 0.2) is 48.5 Å². The van der Waals surface area contributed by atoms with Crippen molar-refractivity contribution in [3.63, 3.8) is 0 Å². The minimum absolute atomic E-state index is 0.129. The van der Waals surface area contributed by atoms with Crippen LogP contribution in [0.2, 0.25) is 0 Å². The van der Waals surface area contributed by atoms with Gasteiger partial charge in [-0.25, -0.2) is 4.79 Å². The fourth-order valence-corrected chi connectivity index (χ4v) is 4.96. The number of carbonyl (C=O) groups excluding carboxylic acids is 2. The van der Waals surface area contributed by atoms with Crippen LogP contribution in [0.1, 0.15) is 56.1 Å². The first-order valence-electron chi connectivity index (χ1n) is 12.1. The number of nitrogens with one attached hydrogen (secondary N) is 2. The van der Waals surface area contributed by atoms with E-state index in [9.17, 15) is 9.59 Å². The first-order chi connectivity index (χ1) is 15.6. The van der Waals surface area contributed by atoms with E-state index in [4.69, 9.17) is 0 Å². The van der Waals surface area contributed by atoms with Crippen LogP contribution in [-0.2, 0) is 11.3 Å². The molecule has 5 nitrogen and oxygen atoms in total. The molecule has 3 amide bonds.